The second-order valence-corrected chi connectivity index (χ2v) is 3.68. The number of hydrogen-bond acceptors (Lipinski definition) is 5. The number of halogens is 1. The number of Topliss-reactive ketones (excluding diaryl/α,β-unsaturated/α-hetero) is 1. The van der Waals surface area contributed by atoms with Crippen LogP contribution in [0.5, 0.6) is 5.75 Å². The topological polar surface area (TPSA) is 69.9 Å². The standard InChI is InChI=1S/C11H11FN4O2/c1-7(17)9-4-3-8(5-10(9)12)18-6-11-13-15-16(2)14-11/h3-5H,6H2,1-2H3. The summed E-state index contributed by atoms with van der Waals surface area (Å²) in [4.78, 5) is 12.4. The minimum atomic E-state index is -0.605. The van der Waals surface area contributed by atoms with E-state index in [-0.39, 0.29) is 18.0 Å². The summed E-state index contributed by atoms with van der Waals surface area (Å²) in [5.74, 6) is -0.222. The van der Waals surface area contributed by atoms with Crippen LogP contribution in [-0.2, 0) is 13.7 Å². The van der Waals surface area contributed by atoms with Gasteiger partial charge < -0.3 is 4.74 Å². The van der Waals surface area contributed by atoms with Crippen molar-refractivity contribution < 1.29 is 13.9 Å². The predicted octanol–water partition coefficient (Wildman–Crippen LogP) is 1.13. The van der Waals surface area contributed by atoms with Gasteiger partial charge in [-0.15, -0.1) is 10.2 Å². The number of aryl methyl sites for hydroxylation is 1. The van der Waals surface area contributed by atoms with Crippen LogP contribution in [0.3, 0.4) is 0 Å². The van der Waals surface area contributed by atoms with Gasteiger partial charge in [-0.25, -0.2) is 4.39 Å². The zero-order valence-electron chi connectivity index (χ0n) is 9.92. The number of nitrogens with zero attached hydrogens (tertiary/aromatic N) is 4. The van der Waals surface area contributed by atoms with Crippen molar-refractivity contribution in [2.24, 2.45) is 7.05 Å². The fraction of sp³-hybridized carbons (Fsp3) is 0.273. The van der Waals surface area contributed by atoms with Gasteiger partial charge in [0.25, 0.3) is 0 Å². The third kappa shape index (κ3) is 2.68. The maximum atomic E-state index is 13.5. The number of ether oxygens (including phenoxy) is 1. The lowest BCUT2D eigenvalue weighted by atomic mass is 10.1. The molecule has 0 saturated carbocycles. The minimum Gasteiger partial charge on any atom is -0.485 e. The number of carbonyl (C=O) groups excluding carboxylic acids is 1. The molecule has 0 spiro atoms. The third-order valence-corrected chi connectivity index (χ3v) is 2.24. The average molecular weight is 250 g/mol. The van der Waals surface area contributed by atoms with Gasteiger partial charge in [-0.05, 0) is 24.3 Å². The Labute approximate surface area is 102 Å². The zero-order valence-corrected chi connectivity index (χ0v) is 9.92. The molecule has 0 N–H and O–H groups in total. The number of benzene rings is 1. The molecule has 2 rings (SSSR count). The maximum absolute atomic E-state index is 13.5. The Morgan fingerprint density at radius 3 is 2.83 bits per heavy atom. The Morgan fingerprint density at radius 2 is 2.28 bits per heavy atom. The molecule has 94 valence electrons. The van der Waals surface area contributed by atoms with Crippen molar-refractivity contribution >= 4 is 5.78 Å². The SMILES string of the molecule is CC(=O)c1ccc(OCc2nnn(C)n2)cc1F. The Kier molecular flexibility index (Phi) is 3.31. The number of aromatic nitrogens is 4. The van der Waals surface area contributed by atoms with Gasteiger partial charge in [-0.3, -0.25) is 4.79 Å². The average Bonchev–Trinajstić information content (AvgIpc) is 2.72. The van der Waals surface area contributed by atoms with Crippen molar-refractivity contribution in [3.63, 3.8) is 0 Å². The van der Waals surface area contributed by atoms with Crippen LogP contribution in [0.25, 0.3) is 0 Å². The molecule has 0 unspecified atom stereocenters. The van der Waals surface area contributed by atoms with Crippen molar-refractivity contribution in [2.45, 2.75) is 13.5 Å². The highest BCUT2D eigenvalue weighted by atomic mass is 19.1. The monoisotopic (exact) mass is 250 g/mol. The third-order valence-electron chi connectivity index (χ3n) is 2.24. The molecule has 0 radical (unpaired) electrons. The van der Waals surface area contributed by atoms with Crippen LogP contribution in [0.2, 0.25) is 0 Å². The normalized spacial score (nSPS) is 10.4. The predicted molar refractivity (Wildman–Crippen MR) is 59.5 cm³/mol. The van der Waals surface area contributed by atoms with Crippen LogP contribution in [0.4, 0.5) is 4.39 Å². The molecule has 7 heteroatoms. The minimum absolute atomic E-state index is 0.0416. The Hall–Kier alpha value is -2.31. The van der Waals surface area contributed by atoms with Crippen molar-refractivity contribution in [2.75, 3.05) is 0 Å². The molecule has 0 bridgehead atoms. The number of tetrazole rings is 1. The second-order valence-electron chi connectivity index (χ2n) is 3.68. The fourth-order valence-electron chi connectivity index (χ4n) is 1.40. The molecule has 2 aromatic rings. The summed E-state index contributed by atoms with van der Waals surface area (Å²) in [6.07, 6.45) is 0. The summed E-state index contributed by atoms with van der Waals surface area (Å²) >= 11 is 0. The van der Waals surface area contributed by atoms with Crippen molar-refractivity contribution in [3.8, 4) is 5.75 Å². The van der Waals surface area contributed by atoms with Gasteiger partial charge in [0.15, 0.2) is 12.4 Å². The quantitative estimate of drug-likeness (QED) is 0.761. The van der Waals surface area contributed by atoms with E-state index in [0.717, 1.165) is 6.07 Å². The van der Waals surface area contributed by atoms with Crippen molar-refractivity contribution in [1.82, 2.24) is 20.2 Å². The lowest BCUT2D eigenvalue weighted by Gasteiger charge is -2.05. The van der Waals surface area contributed by atoms with E-state index >= 15 is 0 Å². The van der Waals surface area contributed by atoms with Gasteiger partial charge in [0.05, 0.1) is 12.6 Å². The van der Waals surface area contributed by atoms with Crippen molar-refractivity contribution in [3.05, 3.63) is 35.4 Å². The molecule has 1 aromatic carbocycles. The molecular weight excluding hydrogens is 239 g/mol. The Balaban J connectivity index is 2.06. The van der Waals surface area contributed by atoms with Crippen molar-refractivity contribution in [1.29, 1.82) is 0 Å². The van der Waals surface area contributed by atoms with Crippen LogP contribution in [0.1, 0.15) is 23.1 Å². The summed E-state index contributed by atoms with van der Waals surface area (Å²) in [5.41, 5.74) is 0.0416. The first kappa shape index (κ1) is 12.2. The molecular formula is C11H11FN4O2. The molecule has 0 fully saturated rings. The second kappa shape index (κ2) is 4.91. The smallest absolute Gasteiger partial charge is 0.212 e. The number of hydrogen-bond donors (Lipinski definition) is 0. The molecule has 6 nitrogen and oxygen atoms in total. The molecule has 1 aromatic heterocycles. The molecule has 0 amide bonds. The van der Waals surface area contributed by atoms with Crippen LogP contribution in [0, 0.1) is 5.82 Å². The van der Waals surface area contributed by atoms with Crippen LogP contribution in [-0.4, -0.2) is 26.0 Å². The van der Waals surface area contributed by atoms with Crippen LogP contribution < -0.4 is 4.74 Å². The first-order valence-electron chi connectivity index (χ1n) is 5.22. The molecule has 0 aliphatic rings. The van der Waals surface area contributed by atoms with Gasteiger partial charge >= 0.3 is 0 Å². The van der Waals surface area contributed by atoms with E-state index in [0.29, 0.717) is 11.6 Å². The van der Waals surface area contributed by atoms with E-state index in [9.17, 15) is 9.18 Å². The number of rotatable bonds is 4. The summed E-state index contributed by atoms with van der Waals surface area (Å²) in [7, 11) is 1.64. The number of carbonyl (C=O) groups is 1. The largest absolute Gasteiger partial charge is 0.485 e. The van der Waals surface area contributed by atoms with Gasteiger partial charge in [0.1, 0.15) is 11.6 Å². The van der Waals surface area contributed by atoms with Gasteiger partial charge in [-0.2, -0.15) is 4.80 Å². The van der Waals surface area contributed by atoms with E-state index in [1.165, 1.54) is 23.9 Å². The molecule has 0 aliphatic carbocycles. The lowest BCUT2D eigenvalue weighted by Crippen LogP contribution is -2.01. The van der Waals surface area contributed by atoms with Gasteiger partial charge in [-0.1, -0.05) is 0 Å². The highest BCUT2D eigenvalue weighted by Gasteiger charge is 2.09. The van der Waals surface area contributed by atoms with Crippen LogP contribution in [0.15, 0.2) is 18.2 Å². The fourth-order valence-corrected chi connectivity index (χ4v) is 1.40. The number of ketones is 1. The zero-order chi connectivity index (χ0) is 13.1. The van der Waals surface area contributed by atoms with Gasteiger partial charge in [0, 0.05) is 6.07 Å². The molecule has 0 atom stereocenters. The summed E-state index contributed by atoms with van der Waals surface area (Å²) in [5, 5.41) is 11.3. The van der Waals surface area contributed by atoms with Gasteiger partial charge in [0.2, 0.25) is 5.82 Å². The van der Waals surface area contributed by atoms with E-state index in [1.807, 2.05) is 0 Å². The highest BCUT2D eigenvalue weighted by molar-refractivity contribution is 5.94. The Bertz CT molecular complexity index is 582. The molecule has 0 saturated heterocycles. The highest BCUT2D eigenvalue weighted by Crippen LogP contribution is 2.17. The molecule has 1 heterocycles. The first-order chi connectivity index (χ1) is 8.56. The Morgan fingerprint density at radius 1 is 1.50 bits per heavy atom. The van der Waals surface area contributed by atoms with E-state index in [1.54, 1.807) is 7.05 Å². The molecule has 0 aliphatic heterocycles. The lowest BCUT2D eigenvalue weighted by molar-refractivity contribution is 0.101. The summed E-state index contributed by atoms with van der Waals surface area (Å²) in [6.45, 7) is 1.40. The van der Waals surface area contributed by atoms with Crippen LogP contribution >= 0.6 is 0 Å². The maximum Gasteiger partial charge on any atom is 0.212 e. The van der Waals surface area contributed by atoms with E-state index < -0.39 is 5.82 Å². The first-order valence-corrected chi connectivity index (χ1v) is 5.22. The van der Waals surface area contributed by atoms with E-state index in [2.05, 4.69) is 15.4 Å². The molecule has 18 heavy (non-hydrogen) atoms. The summed E-state index contributed by atoms with van der Waals surface area (Å²) < 4.78 is 18.8. The summed E-state index contributed by atoms with van der Waals surface area (Å²) in [6, 6.07) is 4.07. The van der Waals surface area contributed by atoms with E-state index in [4.69, 9.17) is 4.74 Å².